The van der Waals surface area contributed by atoms with Crippen molar-refractivity contribution in [1.29, 1.82) is 0 Å². The molecule has 1 fully saturated rings. The van der Waals surface area contributed by atoms with Crippen molar-refractivity contribution in [2.75, 3.05) is 37.8 Å². The molecule has 0 bridgehead atoms. The molecular formula is C27H44N7O20P3S. The molecule has 1 saturated heterocycles. The Hall–Kier alpha value is -3.01. The Morgan fingerprint density at radius 1 is 1.02 bits per heavy atom. The number of nitrogen functional groups attached to an aromatic ring is 1. The van der Waals surface area contributed by atoms with Crippen LogP contribution in [0.4, 0.5) is 5.82 Å². The van der Waals surface area contributed by atoms with Crippen LogP contribution in [0.1, 0.15) is 46.3 Å². The lowest BCUT2D eigenvalue weighted by Crippen LogP contribution is -2.46. The molecule has 3 heterocycles. The molecule has 12 N–H and O–H groups in total. The van der Waals surface area contributed by atoms with E-state index < -0.39 is 114 Å². The van der Waals surface area contributed by atoms with E-state index in [-0.39, 0.29) is 42.2 Å². The molecule has 3 rings (SSSR count). The number of amides is 2. The number of imidazole rings is 1. The minimum Gasteiger partial charge on any atom is -0.481 e. The lowest BCUT2D eigenvalue weighted by atomic mass is 9.87. The number of aliphatic hydroxyl groups excluding tert-OH is 2. The molecule has 4 unspecified atom stereocenters. The molecule has 0 aliphatic carbocycles. The summed E-state index contributed by atoms with van der Waals surface area (Å²) >= 11 is 0.771. The van der Waals surface area contributed by atoms with Crippen molar-refractivity contribution < 1.29 is 95.5 Å². The van der Waals surface area contributed by atoms with Gasteiger partial charge in [0.15, 0.2) is 22.8 Å². The molecule has 2 aromatic heterocycles. The minimum absolute atomic E-state index is 0.0147. The summed E-state index contributed by atoms with van der Waals surface area (Å²) in [6.45, 7) is 1.29. The quantitative estimate of drug-likeness (QED) is 0.0436. The number of aliphatic carboxylic acids is 1. The van der Waals surface area contributed by atoms with Gasteiger partial charge in [0.25, 0.3) is 0 Å². The number of fused-ring (bicyclic) bond motifs is 1. The number of thioether (sulfide) groups is 1. The lowest BCUT2D eigenvalue weighted by Gasteiger charge is -2.30. The number of carbonyl (C=O) groups excluding carboxylic acids is 3. The highest BCUT2D eigenvalue weighted by atomic mass is 32.2. The summed E-state index contributed by atoms with van der Waals surface area (Å²) in [6, 6.07) is 0. The lowest BCUT2D eigenvalue weighted by molar-refractivity contribution is -0.142. The van der Waals surface area contributed by atoms with E-state index in [1.165, 1.54) is 20.8 Å². The standard InChI is InChI=1S/C27H44N7O20P3S/c1-26(2,21(40)24(41)30-5-4-15(35)29-6-7-58-17(38)9-27(3,42)8-16(36)37)11-51-57(48,49)54-56(46,47)50-10-14-20(53-55(43,44)45)19(39)25(52-14)34-13-33-18-22(28)31-12-32-23(18)34/h12-14,19-21,25,39-40,42H,4-11H2,1-3H3,(H,29,35)(H,30,41)(H,36,37)(H,46,47)(H,48,49)(H2,28,31,32)(H2,43,44,45)/t14-,19-,20-,21?,25-,27?/m1/s1. The number of carbonyl (C=O) groups is 4. The zero-order valence-electron chi connectivity index (χ0n) is 30.8. The molecule has 8 atom stereocenters. The van der Waals surface area contributed by atoms with Crippen LogP contribution in [0.15, 0.2) is 12.7 Å². The van der Waals surface area contributed by atoms with Gasteiger partial charge in [-0.1, -0.05) is 25.6 Å². The van der Waals surface area contributed by atoms with Crippen LogP contribution >= 0.6 is 35.2 Å². The predicted octanol–water partition coefficient (Wildman–Crippen LogP) is -1.72. The number of carboxylic acids is 1. The molecule has 27 nitrogen and oxygen atoms in total. The molecule has 2 aromatic rings. The van der Waals surface area contributed by atoms with Crippen LogP contribution < -0.4 is 16.4 Å². The topological polar surface area (TPSA) is 421 Å². The number of phosphoric acid groups is 3. The van der Waals surface area contributed by atoms with Gasteiger partial charge in [0.2, 0.25) is 11.8 Å². The van der Waals surface area contributed by atoms with Crippen molar-refractivity contribution in [2.24, 2.45) is 5.41 Å². The molecule has 1 aliphatic heterocycles. The number of rotatable bonds is 23. The first-order chi connectivity index (χ1) is 26.6. The first kappa shape index (κ1) is 49.4. The van der Waals surface area contributed by atoms with Crippen LogP contribution in [0.3, 0.4) is 0 Å². The highest BCUT2D eigenvalue weighted by Gasteiger charge is 2.50. The highest BCUT2D eigenvalue weighted by Crippen LogP contribution is 2.61. The third-order valence-electron chi connectivity index (χ3n) is 7.82. The smallest absolute Gasteiger partial charge is 0.481 e. The fourth-order valence-corrected chi connectivity index (χ4v) is 8.72. The van der Waals surface area contributed by atoms with Gasteiger partial charge in [0.1, 0.15) is 36.3 Å². The molecule has 0 spiro atoms. The molecule has 58 heavy (non-hydrogen) atoms. The summed E-state index contributed by atoms with van der Waals surface area (Å²) in [6.07, 6.45) is -8.22. The fraction of sp³-hybridized carbons (Fsp3) is 0.667. The Morgan fingerprint density at radius 2 is 1.67 bits per heavy atom. The monoisotopic (exact) mass is 911 g/mol. The Kier molecular flexibility index (Phi) is 17.0. The van der Waals surface area contributed by atoms with Crippen molar-refractivity contribution in [2.45, 2.75) is 76.3 Å². The van der Waals surface area contributed by atoms with Crippen molar-refractivity contribution >= 4 is 75.1 Å². The van der Waals surface area contributed by atoms with Gasteiger partial charge < -0.3 is 61.1 Å². The van der Waals surface area contributed by atoms with Gasteiger partial charge in [-0.2, -0.15) is 4.31 Å². The highest BCUT2D eigenvalue weighted by molar-refractivity contribution is 8.13. The molecule has 328 valence electrons. The summed E-state index contributed by atoms with van der Waals surface area (Å²) in [5.74, 6) is -2.81. The van der Waals surface area contributed by atoms with E-state index in [4.69, 9.17) is 24.6 Å². The van der Waals surface area contributed by atoms with Gasteiger partial charge in [0.05, 0.1) is 31.6 Å². The van der Waals surface area contributed by atoms with E-state index in [0.717, 1.165) is 29.0 Å². The molecule has 0 saturated carbocycles. The zero-order valence-corrected chi connectivity index (χ0v) is 34.3. The third-order valence-corrected chi connectivity index (χ3v) is 11.8. The molecule has 1 aliphatic rings. The Morgan fingerprint density at radius 3 is 2.31 bits per heavy atom. The second-order valence-electron chi connectivity index (χ2n) is 13.5. The number of hydrogen-bond acceptors (Lipinski definition) is 20. The molecule has 31 heteroatoms. The van der Waals surface area contributed by atoms with Crippen LogP contribution in [-0.2, 0) is 55.5 Å². The normalized spacial score (nSPS) is 22.4. The van der Waals surface area contributed by atoms with Crippen LogP contribution in [0, 0.1) is 5.41 Å². The maximum absolute atomic E-state index is 12.7. The van der Waals surface area contributed by atoms with Crippen LogP contribution in [0.25, 0.3) is 11.2 Å². The molecule has 0 aromatic carbocycles. The number of hydrogen-bond donors (Lipinski definition) is 11. The summed E-state index contributed by atoms with van der Waals surface area (Å²) in [5, 5.41) is 44.4. The average molecular weight is 912 g/mol. The number of nitrogens with one attached hydrogen (secondary N) is 2. The molecule has 2 amide bonds. The van der Waals surface area contributed by atoms with Crippen molar-refractivity contribution in [3.8, 4) is 0 Å². The second-order valence-corrected chi connectivity index (χ2v) is 18.9. The van der Waals surface area contributed by atoms with Crippen molar-refractivity contribution in [3.63, 3.8) is 0 Å². The number of carboxylic acid groups (broad SMARTS) is 1. The predicted molar refractivity (Wildman–Crippen MR) is 195 cm³/mol. The van der Waals surface area contributed by atoms with Gasteiger partial charge >= 0.3 is 29.4 Å². The van der Waals surface area contributed by atoms with E-state index >= 15 is 0 Å². The molecular weight excluding hydrogens is 867 g/mol. The van der Waals surface area contributed by atoms with E-state index in [2.05, 4.69) is 34.4 Å². The van der Waals surface area contributed by atoms with E-state index in [0.29, 0.717) is 0 Å². The average Bonchev–Trinajstić information content (AvgIpc) is 3.63. The maximum atomic E-state index is 12.7. The first-order valence-electron chi connectivity index (χ1n) is 16.6. The number of phosphoric ester groups is 3. The number of aliphatic hydroxyl groups is 3. The minimum atomic E-state index is -5.60. The summed E-state index contributed by atoms with van der Waals surface area (Å²) in [7, 11) is -16.5. The maximum Gasteiger partial charge on any atom is 0.481 e. The summed E-state index contributed by atoms with van der Waals surface area (Å²) in [5.41, 5.74) is 2.44. The van der Waals surface area contributed by atoms with E-state index in [1.54, 1.807) is 0 Å². The number of ether oxygens (including phenoxy) is 1. The number of anilines is 1. The SMILES string of the molecule is CC(O)(CC(=O)O)CC(=O)SCCNC(=O)CCNC(=O)C(O)C(C)(C)COP(=O)(O)OP(=O)(O)OC[C@H]1O[C@@H](n2cnc3c(N)ncnc32)[C@H](O)[C@@H]1OP(=O)(O)O. The Bertz CT molecular complexity index is 1950. The van der Waals surface area contributed by atoms with Crippen LogP contribution in [0.2, 0.25) is 0 Å². The van der Waals surface area contributed by atoms with E-state index in [9.17, 15) is 67.8 Å². The van der Waals surface area contributed by atoms with Gasteiger partial charge in [0, 0.05) is 37.1 Å². The van der Waals surface area contributed by atoms with Crippen molar-refractivity contribution in [3.05, 3.63) is 12.7 Å². The summed E-state index contributed by atoms with van der Waals surface area (Å²) in [4.78, 5) is 98.2. The van der Waals surface area contributed by atoms with Crippen LogP contribution in [0.5, 0.6) is 0 Å². The molecule has 0 radical (unpaired) electrons. The zero-order chi connectivity index (χ0) is 43.9. The Balaban J connectivity index is 1.47. The van der Waals surface area contributed by atoms with Gasteiger partial charge in [-0.3, -0.25) is 37.3 Å². The van der Waals surface area contributed by atoms with Gasteiger partial charge in [-0.15, -0.1) is 0 Å². The second kappa shape index (κ2) is 20.0. The number of nitrogens with zero attached hydrogens (tertiary/aromatic N) is 4. The summed E-state index contributed by atoms with van der Waals surface area (Å²) < 4.78 is 62.0. The van der Waals surface area contributed by atoms with Gasteiger partial charge in [-0.05, 0) is 6.92 Å². The van der Waals surface area contributed by atoms with Gasteiger partial charge in [-0.25, -0.2) is 28.6 Å². The number of nitrogens with two attached hydrogens (primary N) is 1. The first-order valence-corrected chi connectivity index (χ1v) is 22.1. The largest absolute Gasteiger partial charge is 0.481 e. The van der Waals surface area contributed by atoms with Crippen molar-refractivity contribution in [1.82, 2.24) is 30.2 Å². The third kappa shape index (κ3) is 15.2. The number of aromatic nitrogens is 4. The Labute approximate surface area is 332 Å². The van der Waals surface area contributed by atoms with E-state index in [1.807, 2.05) is 0 Å². The fourth-order valence-electron chi connectivity index (χ4n) is 5.05. The van der Waals surface area contributed by atoms with Crippen LogP contribution in [-0.4, -0.2) is 144 Å².